The third kappa shape index (κ3) is 3.32. The van der Waals surface area contributed by atoms with Crippen LogP contribution in [0.5, 0.6) is 0 Å². The molecule has 0 aliphatic carbocycles. The van der Waals surface area contributed by atoms with Crippen molar-refractivity contribution in [2.45, 2.75) is 38.8 Å². The molecule has 4 heteroatoms. The molecule has 0 aliphatic rings. The second kappa shape index (κ2) is 5.28. The first-order valence-electron chi connectivity index (χ1n) is 5.44. The minimum absolute atomic E-state index is 0.0129. The number of aliphatic hydroxyl groups excluding tert-OH is 1. The lowest BCUT2D eigenvalue weighted by molar-refractivity contribution is 0.213. The van der Waals surface area contributed by atoms with Gasteiger partial charge >= 0.3 is 0 Å². The number of hydrogen-bond donors (Lipinski definition) is 2. The van der Waals surface area contributed by atoms with Gasteiger partial charge < -0.3 is 10.4 Å². The van der Waals surface area contributed by atoms with Gasteiger partial charge in [-0.05, 0) is 25.8 Å². The molecule has 0 amide bonds. The highest BCUT2D eigenvalue weighted by atomic mass is 16.3. The maximum atomic E-state index is 8.99. The molecule has 0 aliphatic heterocycles. The average Bonchev–Trinajstić information content (AvgIpc) is 2.62. The molecule has 4 nitrogen and oxygen atoms in total. The molecule has 1 unspecified atom stereocenters. The quantitative estimate of drug-likeness (QED) is 0.740. The van der Waals surface area contributed by atoms with E-state index in [2.05, 4.69) is 24.3 Å². The lowest BCUT2D eigenvalue weighted by Gasteiger charge is -2.29. The third-order valence-electron chi connectivity index (χ3n) is 3.06. The molecule has 1 heterocycles. The average molecular weight is 211 g/mol. The number of aromatic nitrogens is 2. The summed E-state index contributed by atoms with van der Waals surface area (Å²) in [5.41, 5.74) is 1.17. The Bertz CT molecular complexity index is 298. The molecule has 0 bridgehead atoms. The van der Waals surface area contributed by atoms with Gasteiger partial charge in [0.2, 0.25) is 0 Å². The van der Waals surface area contributed by atoms with Gasteiger partial charge in [0.05, 0.1) is 5.69 Å². The van der Waals surface area contributed by atoms with Crippen molar-refractivity contribution in [3.63, 3.8) is 0 Å². The van der Waals surface area contributed by atoms with Crippen LogP contribution in [0.4, 0.5) is 0 Å². The Kier molecular flexibility index (Phi) is 4.29. The second-order valence-corrected chi connectivity index (χ2v) is 4.19. The predicted molar refractivity (Wildman–Crippen MR) is 60.4 cm³/mol. The van der Waals surface area contributed by atoms with E-state index >= 15 is 0 Å². The Hall–Kier alpha value is -0.870. The molecule has 0 saturated heterocycles. The Morgan fingerprint density at radius 1 is 1.60 bits per heavy atom. The third-order valence-corrected chi connectivity index (χ3v) is 3.06. The van der Waals surface area contributed by atoms with Gasteiger partial charge in [0.15, 0.2) is 0 Å². The van der Waals surface area contributed by atoms with Crippen molar-refractivity contribution >= 4 is 0 Å². The van der Waals surface area contributed by atoms with Crippen LogP contribution >= 0.6 is 0 Å². The fourth-order valence-electron chi connectivity index (χ4n) is 1.52. The van der Waals surface area contributed by atoms with E-state index in [9.17, 15) is 0 Å². The first kappa shape index (κ1) is 12.2. The monoisotopic (exact) mass is 211 g/mol. The fraction of sp³-hybridized carbons (Fsp3) is 0.727. The highest BCUT2D eigenvalue weighted by Crippen LogP contribution is 2.14. The molecule has 15 heavy (non-hydrogen) atoms. The molecule has 1 aromatic rings. The van der Waals surface area contributed by atoms with E-state index in [0.29, 0.717) is 0 Å². The van der Waals surface area contributed by atoms with E-state index < -0.39 is 0 Å². The van der Waals surface area contributed by atoms with Gasteiger partial charge in [0.25, 0.3) is 0 Å². The van der Waals surface area contributed by atoms with Crippen molar-refractivity contribution in [1.29, 1.82) is 0 Å². The predicted octanol–water partition coefficient (Wildman–Crippen LogP) is 1.06. The molecule has 0 aromatic carbocycles. The van der Waals surface area contributed by atoms with Crippen molar-refractivity contribution in [3.05, 3.63) is 18.0 Å². The molecule has 0 fully saturated rings. The van der Waals surface area contributed by atoms with E-state index in [1.54, 1.807) is 6.20 Å². The van der Waals surface area contributed by atoms with Gasteiger partial charge in [0, 0.05) is 31.9 Å². The first-order valence-corrected chi connectivity index (χ1v) is 5.44. The summed E-state index contributed by atoms with van der Waals surface area (Å²) in [5, 5.41) is 16.6. The van der Waals surface area contributed by atoms with Crippen LogP contribution in [0, 0.1) is 0 Å². The maximum Gasteiger partial charge on any atom is 0.0518 e. The zero-order valence-corrected chi connectivity index (χ0v) is 9.82. The van der Waals surface area contributed by atoms with Crippen LogP contribution in [-0.4, -0.2) is 27.0 Å². The lowest BCUT2D eigenvalue weighted by atomic mass is 9.95. The number of nitrogens with one attached hydrogen (secondary N) is 1. The summed E-state index contributed by atoms with van der Waals surface area (Å²) < 4.78 is 1.86. The summed E-state index contributed by atoms with van der Waals surface area (Å²) in [4.78, 5) is 0. The number of rotatable bonds is 6. The van der Waals surface area contributed by atoms with Gasteiger partial charge in [-0.25, -0.2) is 0 Å². The molecule has 0 spiro atoms. The normalized spacial score (nSPS) is 15.2. The lowest BCUT2D eigenvalue weighted by Crippen LogP contribution is -2.42. The van der Waals surface area contributed by atoms with Gasteiger partial charge in [-0.1, -0.05) is 6.92 Å². The number of aryl methyl sites for hydroxylation is 1. The molecule has 0 saturated carbocycles. The summed E-state index contributed by atoms with van der Waals surface area (Å²) in [5.74, 6) is 0. The second-order valence-electron chi connectivity index (χ2n) is 4.19. The molecular formula is C11H21N3O. The number of nitrogens with zero attached hydrogens (tertiary/aromatic N) is 2. The molecule has 1 rings (SSSR count). The minimum Gasteiger partial charge on any atom is -0.396 e. The molecule has 2 N–H and O–H groups in total. The van der Waals surface area contributed by atoms with E-state index in [1.165, 1.54) is 0 Å². The zero-order valence-electron chi connectivity index (χ0n) is 9.82. The van der Waals surface area contributed by atoms with E-state index in [1.807, 2.05) is 17.8 Å². The van der Waals surface area contributed by atoms with Crippen LogP contribution < -0.4 is 5.32 Å². The Morgan fingerprint density at radius 3 is 2.80 bits per heavy atom. The molecule has 0 radical (unpaired) electrons. The van der Waals surface area contributed by atoms with Crippen LogP contribution in [0.15, 0.2) is 12.3 Å². The van der Waals surface area contributed by atoms with Crippen LogP contribution in [-0.2, 0) is 13.6 Å². The summed E-state index contributed by atoms with van der Waals surface area (Å²) >= 11 is 0. The maximum absolute atomic E-state index is 8.99. The smallest absolute Gasteiger partial charge is 0.0518 e. The molecule has 1 atom stereocenters. The van der Waals surface area contributed by atoms with Gasteiger partial charge in [-0.3, -0.25) is 4.68 Å². The standard InChI is InChI=1S/C11H21N3O/c1-4-11(2,6-8-15)12-9-10-5-7-13-14(10)3/h5,7,12,15H,4,6,8-9H2,1-3H3. The molecule has 86 valence electrons. The topological polar surface area (TPSA) is 50.1 Å². The Labute approximate surface area is 91.3 Å². The summed E-state index contributed by atoms with van der Waals surface area (Å²) in [7, 11) is 1.94. The highest BCUT2D eigenvalue weighted by Gasteiger charge is 2.20. The Balaban J connectivity index is 2.51. The summed E-state index contributed by atoms with van der Waals surface area (Å²) in [6.07, 6.45) is 3.58. The van der Waals surface area contributed by atoms with E-state index in [4.69, 9.17) is 5.11 Å². The van der Waals surface area contributed by atoms with Crippen LogP contribution in [0.3, 0.4) is 0 Å². The minimum atomic E-state index is 0.0129. The van der Waals surface area contributed by atoms with Crippen molar-refractivity contribution in [3.8, 4) is 0 Å². The van der Waals surface area contributed by atoms with Gasteiger partial charge in [0.1, 0.15) is 0 Å². The van der Waals surface area contributed by atoms with E-state index in [0.717, 1.165) is 25.1 Å². The summed E-state index contributed by atoms with van der Waals surface area (Å²) in [6.45, 7) is 5.29. The van der Waals surface area contributed by atoms with Crippen molar-refractivity contribution in [2.24, 2.45) is 7.05 Å². The molecular weight excluding hydrogens is 190 g/mol. The van der Waals surface area contributed by atoms with Crippen molar-refractivity contribution in [1.82, 2.24) is 15.1 Å². The Morgan fingerprint density at radius 2 is 2.33 bits per heavy atom. The van der Waals surface area contributed by atoms with Crippen LogP contribution in [0.25, 0.3) is 0 Å². The van der Waals surface area contributed by atoms with Gasteiger partial charge in [-0.15, -0.1) is 0 Å². The molecule has 1 aromatic heterocycles. The van der Waals surface area contributed by atoms with Crippen molar-refractivity contribution in [2.75, 3.05) is 6.61 Å². The van der Waals surface area contributed by atoms with Crippen molar-refractivity contribution < 1.29 is 5.11 Å². The SMILES string of the molecule is CCC(C)(CCO)NCc1ccnn1C. The van der Waals surface area contributed by atoms with E-state index in [-0.39, 0.29) is 12.1 Å². The highest BCUT2D eigenvalue weighted by molar-refractivity contribution is 5.00. The van der Waals surface area contributed by atoms with Crippen LogP contribution in [0.2, 0.25) is 0 Å². The zero-order chi connectivity index (χ0) is 11.3. The number of hydrogen-bond acceptors (Lipinski definition) is 3. The van der Waals surface area contributed by atoms with Gasteiger partial charge in [-0.2, -0.15) is 5.10 Å². The fourth-order valence-corrected chi connectivity index (χ4v) is 1.52. The first-order chi connectivity index (χ1) is 7.11. The van der Waals surface area contributed by atoms with Crippen LogP contribution in [0.1, 0.15) is 32.4 Å². The largest absolute Gasteiger partial charge is 0.396 e. The number of aliphatic hydroxyl groups is 1. The summed E-state index contributed by atoms with van der Waals surface area (Å²) in [6, 6.07) is 2.00.